The number of aliphatic hydroxyl groups is 1. The van der Waals surface area contributed by atoms with Gasteiger partial charge in [0.1, 0.15) is 11.6 Å². The molecule has 33 heavy (non-hydrogen) atoms. The Balaban J connectivity index is 1.18. The molecular weight excluding hydrogens is 416 g/mol. The van der Waals surface area contributed by atoms with Crippen LogP contribution in [0.1, 0.15) is 37.7 Å². The number of nitrogens with zero attached hydrogens (tertiary/aromatic N) is 4. The molecule has 0 radical (unpaired) electrons. The summed E-state index contributed by atoms with van der Waals surface area (Å²) < 4.78 is 5.73. The summed E-state index contributed by atoms with van der Waals surface area (Å²) >= 11 is 0. The van der Waals surface area contributed by atoms with Crippen LogP contribution in [0.4, 0.5) is 17.5 Å². The zero-order chi connectivity index (χ0) is 22.4. The number of benzene rings is 1. The van der Waals surface area contributed by atoms with Gasteiger partial charge in [0.05, 0.1) is 5.60 Å². The minimum Gasteiger partial charge on any atom is -0.424 e. The summed E-state index contributed by atoms with van der Waals surface area (Å²) in [7, 11) is 0. The zero-order valence-electron chi connectivity index (χ0n) is 18.6. The lowest BCUT2D eigenvalue weighted by Crippen LogP contribution is -2.59. The van der Waals surface area contributed by atoms with Crippen molar-refractivity contribution in [2.24, 2.45) is 17.8 Å². The SMILES string of the molecule is Cc1cnc(Nc2cccc(Oc3ncccn3)c2)nc1NC1C2CC3CC1CC(O)(C3)C2. The van der Waals surface area contributed by atoms with Gasteiger partial charge in [-0.05, 0) is 75.0 Å². The van der Waals surface area contributed by atoms with E-state index in [0.29, 0.717) is 41.5 Å². The molecule has 0 saturated heterocycles. The van der Waals surface area contributed by atoms with Crippen LogP contribution in [-0.2, 0) is 0 Å². The molecule has 3 N–H and O–H groups in total. The summed E-state index contributed by atoms with van der Waals surface area (Å²) in [6.07, 6.45) is 10.4. The van der Waals surface area contributed by atoms with Gasteiger partial charge in [-0.3, -0.25) is 0 Å². The summed E-state index contributed by atoms with van der Waals surface area (Å²) in [4.78, 5) is 17.5. The summed E-state index contributed by atoms with van der Waals surface area (Å²) in [5, 5.41) is 17.9. The molecule has 8 nitrogen and oxygen atoms in total. The van der Waals surface area contributed by atoms with E-state index in [9.17, 15) is 5.11 Å². The molecular formula is C25H28N6O2. The molecule has 4 saturated carbocycles. The third kappa shape index (κ3) is 4.11. The van der Waals surface area contributed by atoms with E-state index in [1.807, 2.05) is 37.4 Å². The van der Waals surface area contributed by atoms with Gasteiger partial charge in [-0.25, -0.2) is 15.0 Å². The molecule has 1 aromatic carbocycles. The fraction of sp³-hybridized carbons (Fsp3) is 0.440. The van der Waals surface area contributed by atoms with E-state index in [1.165, 1.54) is 12.8 Å². The Kier molecular flexibility index (Phi) is 4.90. The van der Waals surface area contributed by atoms with Gasteiger partial charge < -0.3 is 20.5 Å². The molecule has 2 heterocycles. The van der Waals surface area contributed by atoms with Gasteiger partial charge in [-0.1, -0.05) is 6.07 Å². The summed E-state index contributed by atoms with van der Waals surface area (Å²) in [6, 6.07) is 9.96. The van der Waals surface area contributed by atoms with Crippen molar-refractivity contribution in [2.45, 2.75) is 50.7 Å². The fourth-order valence-corrected chi connectivity index (χ4v) is 6.23. The van der Waals surface area contributed by atoms with E-state index < -0.39 is 5.60 Å². The Morgan fingerprint density at radius 1 is 1.03 bits per heavy atom. The average Bonchev–Trinajstić information content (AvgIpc) is 2.78. The van der Waals surface area contributed by atoms with E-state index in [0.717, 1.165) is 36.3 Å². The highest BCUT2D eigenvalue weighted by atomic mass is 16.5. The van der Waals surface area contributed by atoms with Crippen molar-refractivity contribution in [1.82, 2.24) is 19.9 Å². The minimum atomic E-state index is -0.431. The van der Waals surface area contributed by atoms with Crippen LogP contribution < -0.4 is 15.4 Å². The van der Waals surface area contributed by atoms with Gasteiger partial charge in [0, 0.05) is 41.9 Å². The number of ether oxygens (including phenoxy) is 1. The molecule has 2 atom stereocenters. The van der Waals surface area contributed by atoms with Gasteiger partial charge in [0.25, 0.3) is 0 Å². The molecule has 8 heteroatoms. The summed E-state index contributed by atoms with van der Waals surface area (Å²) in [5.41, 5.74) is 1.40. The lowest BCUT2D eigenvalue weighted by atomic mass is 9.52. The van der Waals surface area contributed by atoms with Crippen molar-refractivity contribution in [1.29, 1.82) is 0 Å². The van der Waals surface area contributed by atoms with Crippen LogP contribution in [0.25, 0.3) is 0 Å². The predicted octanol–water partition coefficient (Wildman–Crippen LogP) is 4.46. The molecule has 170 valence electrons. The third-order valence-corrected chi connectivity index (χ3v) is 7.36. The van der Waals surface area contributed by atoms with E-state index in [4.69, 9.17) is 9.72 Å². The Labute approximate surface area is 192 Å². The van der Waals surface area contributed by atoms with E-state index in [2.05, 4.69) is 25.6 Å². The molecule has 4 bridgehead atoms. The zero-order valence-corrected chi connectivity index (χ0v) is 18.6. The highest BCUT2D eigenvalue weighted by Crippen LogP contribution is 2.56. The van der Waals surface area contributed by atoms with Crippen molar-refractivity contribution < 1.29 is 9.84 Å². The van der Waals surface area contributed by atoms with Crippen LogP contribution in [0.5, 0.6) is 11.8 Å². The highest BCUT2D eigenvalue weighted by molar-refractivity contribution is 5.58. The monoisotopic (exact) mass is 444 g/mol. The number of anilines is 3. The lowest BCUT2D eigenvalue weighted by Gasteiger charge is -2.58. The topological polar surface area (TPSA) is 105 Å². The van der Waals surface area contributed by atoms with E-state index in [-0.39, 0.29) is 0 Å². The normalized spacial score (nSPS) is 29.6. The van der Waals surface area contributed by atoms with Crippen molar-refractivity contribution in [3.63, 3.8) is 0 Å². The van der Waals surface area contributed by atoms with Gasteiger partial charge in [0.2, 0.25) is 5.95 Å². The molecule has 2 aromatic heterocycles. The lowest BCUT2D eigenvalue weighted by molar-refractivity contribution is -0.129. The highest BCUT2D eigenvalue weighted by Gasteiger charge is 2.54. The van der Waals surface area contributed by atoms with Gasteiger partial charge in [-0.15, -0.1) is 0 Å². The molecule has 4 aliphatic rings. The average molecular weight is 445 g/mol. The molecule has 3 aromatic rings. The van der Waals surface area contributed by atoms with Crippen molar-refractivity contribution in [3.05, 3.63) is 54.5 Å². The Morgan fingerprint density at radius 3 is 2.58 bits per heavy atom. The second kappa shape index (κ2) is 7.95. The molecule has 4 aliphatic carbocycles. The maximum Gasteiger partial charge on any atom is 0.321 e. The molecule has 7 rings (SSSR count). The number of hydrogen-bond donors (Lipinski definition) is 3. The van der Waals surface area contributed by atoms with E-state index >= 15 is 0 Å². The van der Waals surface area contributed by atoms with Crippen LogP contribution in [0.3, 0.4) is 0 Å². The number of aryl methyl sites for hydroxylation is 1. The quantitative estimate of drug-likeness (QED) is 0.512. The molecule has 0 aliphatic heterocycles. The first-order chi connectivity index (χ1) is 16.0. The van der Waals surface area contributed by atoms with Gasteiger partial charge in [0.15, 0.2) is 0 Å². The molecule has 2 unspecified atom stereocenters. The van der Waals surface area contributed by atoms with Gasteiger partial charge >= 0.3 is 6.01 Å². The minimum absolute atomic E-state index is 0.299. The first kappa shape index (κ1) is 20.4. The second-order valence-corrected chi connectivity index (χ2v) is 9.88. The largest absolute Gasteiger partial charge is 0.424 e. The molecule has 0 spiro atoms. The Hall–Kier alpha value is -3.26. The first-order valence-electron chi connectivity index (χ1n) is 11.7. The van der Waals surface area contributed by atoms with Crippen molar-refractivity contribution in [3.8, 4) is 11.8 Å². The molecule has 4 fully saturated rings. The van der Waals surface area contributed by atoms with Gasteiger partial charge in [-0.2, -0.15) is 4.98 Å². The fourth-order valence-electron chi connectivity index (χ4n) is 6.23. The second-order valence-electron chi connectivity index (χ2n) is 9.88. The number of hydrogen-bond acceptors (Lipinski definition) is 8. The molecule has 0 amide bonds. The van der Waals surface area contributed by atoms with E-state index in [1.54, 1.807) is 18.5 Å². The Morgan fingerprint density at radius 2 is 1.82 bits per heavy atom. The van der Waals surface area contributed by atoms with Crippen LogP contribution in [0.2, 0.25) is 0 Å². The number of rotatable bonds is 6. The number of nitrogens with one attached hydrogen (secondary N) is 2. The third-order valence-electron chi connectivity index (χ3n) is 7.36. The van der Waals surface area contributed by atoms with Crippen LogP contribution in [0.15, 0.2) is 48.9 Å². The number of aromatic nitrogens is 4. The van der Waals surface area contributed by atoms with Crippen LogP contribution >= 0.6 is 0 Å². The van der Waals surface area contributed by atoms with Crippen molar-refractivity contribution >= 4 is 17.5 Å². The first-order valence-corrected chi connectivity index (χ1v) is 11.7. The summed E-state index contributed by atoms with van der Waals surface area (Å²) in [6.45, 7) is 2.03. The van der Waals surface area contributed by atoms with Crippen LogP contribution in [-0.4, -0.2) is 36.7 Å². The maximum absolute atomic E-state index is 10.9. The maximum atomic E-state index is 10.9. The van der Waals surface area contributed by atoms with Crippen LogP contribution in [0, 0.1) is 24.7 Å². The summed E-state index contributed by atoms with van der Waals surface area (Å²) in [5.74, 6) is 3.73. The predicted molar refractivity (Wildman–Crippen MR) is 125 cm³/mol. The Bertz CT molecular complexity index is 1140. The van der Waals surface area contributed by atoms with Crippen molar-refractivity contribution in [2.75, 3.05) is 10.6 Å². The smallest absolute Gasteiger partial charge is 0.321 e. The standard InChI is InChI=1S/C25H28N6O2/c1-15-14-28-23(29-19-4-2-5-20(10-19)33-24-26-6-3-7-27-24)31-22(15)30-21-17-8-16-9-18(21)13-25(32,11-16)12-17/h2-7,10,14,16-18,21,32H,8-9,11-13H2,1H3,(H2,28,29,30,31).